The number of rotatable bonds is 10. The summed E-state index contributed by atoms with van der Waals surface area (Å²) in [5, 5.41) is 2.43. The summed E-state index contributed by atoms with van der Waals surface area (Å²) in [5.74, 6) is -0.808. The van der Waals surface area contributed by atoms with Crippen molar-refractivity contribution in [3.63, 3.8) is 0 Å². The minimum atomic E-state index is -0.785. The Morgan fingerprint density at radius 3 is 2.44 bits per heavy atom. The van der Waals surface area contributed by atoms with E-state index < -0.39 is 18.1 Å². The van der Waals surface area contributed by atoms with Crippen molar-refractivity contribution < 1.29 is 28.6 Å². The van der Waals surface area contributed by atoms with Crippen LogP contribution in [0.25, 0.3) is 0 Å². The van der Waals surface area contributed by atoms with E-state index in [-0.39, 0.29) is 25.6 Å². The highest BCUT2D eigenvalue weighted by Gasteiger charge is 2.22. The van der Waals surface area contributed by atoms with Crippen LogP contribution >= 0.6 is 0 Å². The Kier molecular flexibility index (Phi) is 9.74. The summed E-state index contributed by atoms with van der Waals surface area (Å²) in [6.45, 7) is 2.16. The molecule has 1 aromatic carbocycles. The summed E-state index contributed by atoms with van der Waals surface area (Å²) in [6.07, 6.45) is 1.03. The molecule has 1 atom stereocenters. The van der Waals surface area contributed by atoms with Crippen molar-refractivity contribution in [1.29, 1.82) is 0 Å². The van der Waals surface area contributed by atoms with Crippen molar-refractivity contribution in [1.82, 2.24) is 5.32 Å². The molecule has 0 bridgehead atoms. The fraction of sp³-hybridized carbons (Fsp3) is 0.500. The summed E-state index contributed by atoms with van der Waals surface area (Å²) in [6, 6.07) is 8.65. The number of ether oxygens (including phenoxy) is 3. The normalized spacial score (nSPS) is 11.3. The van der Waals surface area contributed by atoms with Crippen LogP contribution in [0.5, 0.6) is 0 Å². The molecule has 0 aliphatic carbocycles. The lowest BCUT2D eigenvalue weighted by molar-refractivity contribution is -0.145. The van der Waals surface area contributed by atoms with Crippen LogP contribution < -0.4 is 5.32 Å². The number of esters is 2. The van der Waals surface area contributed by atoms with Gasteiger partial charge >= 0.3 is 18.0 Å². The molecular weight excluding hydrogens is 326 g/mol. The molecule has 0 spiro atoms. The van der Waals surface area contributed by atoms with E-state index in [1.807, 2.05) is 30.3 Å². The third kappa shape index (κ3) is 8.74. The maximum absolute atomic E-state index is 11.8. The summed E-state index contributed by atoms with van der Waals surface area (Å²) in [7, 11) is 1.22. The molecule has 0 fully saturated rings. The van der Waals surface area contributed by atoms with Crippen LogP contribution in [0, 0.1) is 0 Å². The molecule has 0 aliphatic rings. The first kappa shape index (κ1) is 20.5. The van der Waals surface area contributed by atoms with Crippen LogP contribution in [-0.2, 0) is 30.4 Å². The number of methoxy groups -OCH3 is 1. The fourth-order valence-electron chi connectivity index (χ4n) is 2.12. The SMILES string of the molecule is CCOC(=O)C(CCCCC(=O)OCc1ccccc1)NC(=O)OC. The van der Waals surface area contributed by atoms with E-state index in [0.29, 0.717) is 19.3 Å². The van der Waals surface area contributed by atoms with Gasteiger partial charge in [-0.1, -0.05) is 36.8 Å². The number of hydrogen-bond acceptors (Lipinski definition) is 6. The van der Waals surface area contributed by atoms with Gasteiger partial charge in [0.05, 0.1) is 13.7 Å². The average Bonchev–Trinajstić information content (AvgIpc) is 2.63. The third-order valence-corrected chi connectivity index (χ3v) is 3.41. The molecule has 7 heteroatoms. The number of carbonyl (C=O) groups is 3. The Morgan fingerprint density at radius 1 is 1.08 bits per heavy atom. The molecule has 25 heavy (non-hydrogen) atoms. The van der Waals surface area contributed by atoms with E-state index in [0.717, 1.165) is 5.56 Å². The van der Waals surface area contributed by atoms with Gasteiger partial charge in [0.15, 0.2) is 0 Å². The second-order valence-corrected chi connectivity index (χ2v) is 5.33. The van der Waals surface area contributed by atoms with E-state index in [1.165, 1.54) is 7.11 Å². The Hall–Kier alpha value is -2.57. The molecule has 0 aromatic heterocycles. The number of hydrogen-bond donors (Lipinski definition) is 1. The molecule has 0 heterocycles. The van der Waals surface area contributed by atoms with E-state index in [9.17, 15) is 14.4 Å². The number of amides is 1. The van der Waals surface area contributed by atoms with Gasteiger partial charge in [0.25, 0.3) is 0 Å². The van der Waals surface area contributed by atoms with Gasteiger partial charge in [-0.2, -0.15) is 0 Å². The number of carbonyl (C=O) groups excluding carboxylic acids is 3. The van der Waals surface area contributed by atoms with E-state index in [1.54, 1.807) is 6.92 Å². The molecule has 1 amide bonds. The Bertz CT molecular complexity index is 546. The Balaban J connectivity index is 2.28. The van der Waals surface area contributed by atoms with Gasteiger partial charge in [0, 0.05) is 6.42 Å². The highest BCUT2D eigenvalue weighted by molar-refractivity contribution is 5.81. The second kappa shape index (κ2) is 11.9. The third-order valence-electron chi connectivity index (χ3n) is 3.41. The van der Waals surface area contributed by atoms with Gasteiger partial charge in [-0.25, -0.2) is 9.59 Å². The van der Waals surface area contributed by atoms with Crippen molar-refractivity contribution in [2.45, 2.75) is 45.3 Å². The molecule has 1 unspecified atom stereocenters. The van der Waals surface area contributed by atoms with Crippen LogP contribution in [0.15, 0.2) is 30.3 Å². The standard InChI is InChI=1S/C18H25NO6/c1-3-24-17(21)15(19-18(22)23-2)11-7-8-12-16(20)25-13-14-9-5-4-6-10-14/h4-6,9-10,15H,3,7-8,11-13H2,1-2H3,(H,19,22). The predicted octanol–water partition coefficient (Wildman–Crippen LogP) is 2.58. The zero-order valence-electron chi connectivity index (χ0n) is 14.7. The fourth-order valence-corrected chi connectivity index (χ4v) is 2.12. The summed E-state index contributed by atoms with van der Waals surface area (Å²) >= 11 is 0. The maximum Gasteiger partial charge on any atom is 0.407 e. The van der Waals surface area contributed by atoms with Gasteiger partial charge in [-0.05, 0) is 25.3 Å². The Labute approximate surface area is 147 Å². The summed E-state index contributed by atoms with van der Waals surface area (Å²) in [5.41, 5.74) is 0.931. The Morgan fingerprint density at radius 2 is 1.80 bits per heavy atom. The molecule has 1 aromatic rings. The van der Waals surface area contributed by atoms with Crippen LogP contribution in [0.4, 0.5) is 4.79 Å². The lowest BCUT2D eigenvalue weighted by Crippen LogP contribution is -2.41. The summed E-state index contributed by atoms with van der Waals surface area (Å²) in [4.78, 5) is 34.8. The molecular formula is C18H25NO6. The van der Waals surface area contributed by atoms with Gasteiger partial charge < -0.3 is 19.5 Å². The van der Waals surface area contributed by atoms with Crippen LogP contribution in [0.3, 0.4) is 0 Å². The molecule has 0 saturated heterocycles. The highest BCUT2D eigenvalue weighted by atomic mass is 16.5. The molecule has 0 saturated carbocycles. The maximum atomic E-state index is 11.8. The molecule has 1 rings (SSSR count). The van der Waals surface area contributed by atoms with E-state index in [2.05, 4.69) is 10.1 Å². The number of nitrogens with one attached hydrogen (secondary N) is 1. The first-order chi connectivity index (χ1) is 12.1. The topological polar surface area (TPSA) is 90.9 Å². The minimum absolute atomic E-state index is 0.226. The summed E-state index contributed by atoms with van der Waals surface area (Å²) < 4.78 is 14.6. The first-order valence-electron chi connectivity index (χ1n) is 8.27. The number of alkyl carbamates (subject to hydrolysis) is 1. The van der Waals surface area contributed by atoms with Crippen LogP contribution in [-0.4, -0.2) is 37.8 Å². The van der Waals surface area contributed by atoms with Gasteiger partial charge in [-0.3, -0.25) is 4.79 Å². The number of unbranched alkanes of at least 4 members (excludes halogenated alkanes) is 1. The monoisotopic (exact) mass is 351 g/mol. The molecule has 0 aliphatic heterocycles. The number of benzene rings is 1. The van der Waals surface area contributed by atoms with Gasteiger partial charge in [0.1, 0.15) is 12.6 Å². The van der Waals surface area contributed by atoms with Gasteiger partial charge in [0.2, 0.25) is 0 Å². The van der Waals surface area contributed by atoms with Crippen molar-refractivity contribution in [3.05, 3.63) is 35.9 Å². The smallest absolute Gasteiger partial charge is 0.407 e. The average molecular weight is 351 g/mol. The van der Waals surface area contributed by atoms with E-state index in [4.69, 9.17) is 9.47 Å². The lowest BCUT2D eigenvalue weighted by atomic mass is 10.1. The highest BCUT2D eigenvalue weighted by Crippen LogP contribution is 2.08. The van der Waals surface area contributed by atoms with Crippen molar-refractivity contribution in [2.75, 3.05) is 13.7 Å². The lowest BCUT2D eigenvalue weighted by Gasteiger charge is -2.16. The molecule has 0 radical (unpaired) electrons. The molecule has 138 valence electrons. The van der Waals surface area contributed by atoms with E-state index >= 15 is 0 Å². The van der Waals surface area contributed by atoms with Crippen LogP contribution in [0.2, 0.25) is 0 Å². The van der Waals surface area contributed by atoms with Crippen LogP contribution in [0.1, 0.15) is 38.2 Å². The zero-order chi connectivity index (χ0) is 18.5. The predicted molar refractivity (Wildman–Crippen MR) is 90.7 cm³/mol. The minimum Gasteiger partial charge on any atom is -0.464 e. The molecule has 1 N–H and O–H groups in total. The van der Waals surface area contributed by atoms with Crippen molar-refractivity contribution in [3.8, 4) is 0 Å². The zero-order valence-corrected chi connectivity index (χ0v) is 14.7. The first-order valence-corrected chi connectivity index (χ1v) is 8.27. The van der Waals surface area contributed by atoms with Crippen molar-refractivity contribution >= 4 is 18.0 Å². The second-order valence-electron chi connectivity index (χ2n) is 5.33. The van der Waals surface area contributed by atoms with Crippen molar-refractivity contribution in [2.24, 2.45) is 0 Å². The van der Waals surface area contributed by atoms with Gasteiger partial charge in [-0.15, -0.1) is 0 Å². The largest absolute Gasteiger partial charge is 0.464 e. The quantitative estimate of drug-likeness (QED) is 0.396. The molecule has 7 nitrogen and oxygen atoms in total.